The van der Waals surface area contributed by atoms with E-state index in [-0.39, 0.29) is 12.5 Å². The molecule has 25 heavy (non-hydrogen) atoms. The molecule has 0 saturated heterocycles. The number of carbonyl (C=O) groups is 2. The Hall–Kier alpha value is -2.89. The molecule has 1 aliphatic rings. The monoisotopic (exact) mass is 340 g/mol. The lowest BCUT2D eigenvalue weighted by molar-refractivity contribution is -0.147. The van der Waals surface area contributed by atoms with Gasteiger partial charge in [0.25, 0.3) is 0 Å². The van der Waals surface area contributed by atoms with Crippen LogP contribution in [0.4, 0.5) is 0 Å². The number of carboxylic acid groups (broad SMARTS) is 1. The lowest BCUT2D eigenvalue weighted by atomic mass is 9.82. The van der Waals surface area contributed by atoms with Crippen molar-refractivity contribution in [3.63, 3.8) is 0 Å². The van der Waals surface area contributed by atoms with Crippen molar-refractivity contribution in [2.75, 3.05) is 13.2 Å². The molecule has 2 atom stereocenters. The molecule has 0 unspecified atom stereocenters. The Morgan fingerprint density at radius 3 is 2.68 bits per heavy atom. The molecule has 0 saturated carbocycles. The number of nitrogens with one attached hydrogen (secondary N) is 1. The standard InChI is InChI=1S/C19H20N2O4/c22-18(14-6-2-3-7-15(14)19(23)24)20-11-12-25-17-10-9-13-5-1-4-8-16(13)21-17/h1-5,8-10,14-15H,6-7,11-12H2,(H,20,22)(H,23,24)/t14-,15-/m1/s1. The van der Waals surface area contributed by atoms with Crippen LogP contribution in [0.2, 0.25) is 0 Å². The van der Waals surface area contributed by atoms with Gasteiger partial charge in [0.2, 0.25) is 11.8 Å². The third-order valence-electron chi connectivity index (χ3n) is 4.31. The highest BCUT2D eigenvalue weighted by atomic mass is 16.5. The van der Waals surface area contributed by atoms with Crippen LogP contribution in [-0.2, 0) is 9.59 Å². The van der Waals surface area contributed by atoms with E-state index in [9.17, 15) is 14.7 Å². The molecule has 0 aliphatic heterocycles. The van der Waals surface area contributed by atoms with Gasteiger partial charge in [0, 0.05) is 11.5 Å². The van der Waals surface area contributed by atoms with Gasteiger partial charge in [0.1, 0.15) is 6.61 Å². The average molecular weight is 340 g/mol. The quantitative estimate of drug-likeness (QED) is 0.623. The van der Waals surface area contributed by atoms with Gasteiger partial charge in [-0.05, 0) is 25.0 Å². The van der Waals surface area contributed by atoms with Gasteiger partial charge in [0.05, 0.1) is 23.9 Å². The first-order valence-corrected chi connectivity index (χ1v) is 8.29. The molecule has 0 bridgehead atoms. The van der Waals surface area contributed by atoms with Crippen molar-refractivity contribution in [3.8, 4) is 5.88 Å². The minimum Gasteiger partial charge on any atom is -0.481 e. The summed E-state index contributed by atoms with van der Waals surface area (Å²) in [6, 6.07) is 11.5. The second kappa shape index (κ2) is 7.79. The van der Waals surface area contributed by atoms with E-state index < -0.39 is 17.8 Å². The number of ether oxygens (including phenoxy) is 1. The first-order valence-electron chi connectivity index (χ1n) is 8.29. The van der Waals surface area contributed by atoms with Gasteiger partial charge in [-0.3, -0.25) is 9.59 Å². The third kappa shape index (κ3) is 4.15. The molecule has 6 nitrogen and oxygen atoms in total. The van der Waals surface area contributed by atoms with Crippen LogP contribution in [0.25, 0.3) is 10.9 Å². The Balaban J connectivity index is 1.49. The Kier molecular flexibility index (Phi) is 5.28. The number of carboxylic acids is 1. The number of hydrogen-bond donors (Lipinski definition) is 2. The highest BCUT2D eigenvalue weighted by Crippen LogP contribution is 2.26. The normalized spacial score (nSPS) is 19.5. The second-order valence-electron chi connectivity index (χ2n) is 5.98. The number of aromatic nitrogens is 1. The molecule has 0 radical (unpaired) electrons. The number of nitrogens with zero attached hydrogens (tertiary/aromatic N) is 1. The number of carbonyl (C=O) groups excluding carboxylic acids is 1. The van der Waals surface area contributed by atoms with Gasteiger partial charge < -0.3 is 15.2 Å². The van der Waals surface area contributed by atoms with Gasteiger partial charge in [0.15, 0.2) is 0 Å². The zero-order chi connectivity index (χ0) is 17.6. The molecule has 2 N–H and O–H groups in total. The van der Waals surface area contributed by atoms with Crippen molar-refractivity contribution < 1.29 is 19.4 Å². The van der Waals surface area contributed by atoms with Gasteiger partial charge in [-0.15, -0.1) is 0 Å². The Bertz CT molecular complexity index is 803. The molecule has 1 amide bonds. The van der Waals surface area contributed by atoms with Crippen LogP contribution < -0.4 is 10.1 Å². The Morgan fingerprint density at radius 1 is 1.12 bits per heavy atom. The summed E-state index contributed by atoms with van der Waals surface area (Å²) in [7, 11) is 0. The molecule has 6 heteroatoms. The summed E-state index contributed by atoms with van der Waals surface area (Å²) in [5.41, 5.74) is 0.849. The molecular formula is C19H20N2O4. The fraction of sp³-hybridized carbons (Fsp3) is 0.316. The van der Waals surface area contributed by atoms with E-state index in [1.807, 2.05) is 42.5 Å². The second-order valence-corrected chi connectivity index (χ2v) is 5.98. The fourth-order valence-electron chi connectivity index (χ4n) is 2.97. The molecule has 1 aliphatic carbocycles. The number of hydrogen-bond acceptors (Lipinski definition) is 4. The maximum Gasteiger partial charge on any atom is 0.307 e. The van der Waals surface area contributed by atoms with Crippen molar-refractivity contribution in [1.82, 2.24) is 10.3 Å². The first-order chi connectivity index (χ1) is 12.1. The topological polar surface area (TPSA) is 88.5 Å². The fourth-order valence-corrected chi connectivity index (χ4v) is 2.97. The number of amides is 1. The lowest BCUT2D eigenvalue weighted by Crippen LogP contribution is -2.40. The minimum absolute atomic E-state index is 0.244. The largest absolute Gasteiger partial charge is 0.481 e. The molecule has 2 aromatic rings. The predicted octanol–water partition coefficient (Wildman–Crippen LogP) is 2.40. The van der Waals surface area contributed by atoms with Crippen LogP contribution in [0, 0.1) is 11.8 Å². The summed E-state index contributed by atoms with van der Waals surface area (Å²) in [6.45, 7) is 0.581. The smallest absolute Gasteiger partial charge is 0.307 e. The number of benzene rings is 1. The van der Waals surface area contributed by atoms with Crippen molar-refractivity contribution in [3.05, 3.63) is 48.6 Å². The molecule has 1 aromatic heterocycles. The van der Waals surface area contributed by atoms with Gasteiger partial charge in [-0.2, -0.15) is 0 Å². The van der Waals surface area contributed by atoms with E-state index in [1.54, 1.807) is 6.07 Å². The van der Waals surface area contributed by atoms with Gasteiger partial charge >= 0.3 is 5.97 Å². The molecule has 3 rings (SSSR count). The minimum atomic E-state index is -0.930. The van der Waals surface area contributed by atoms with Crippen molar-refractivity contribution in [2.45, 2.75) is 12.8 Å². The number of para-hydroxylation sites is 1. The number of rotatable bonds is 6. The molecular weight excluding hydrogens is 320 g/mol. The van der Waals surface area contributed by atoms with Crippen molar-refractivity contribution in [1.29, 1.82) is 0 Å². The van der Waals surface area contributed by atoms with Crippen LogP contribution in [0.5, 0.6) is 5.88 Å². The van der Waals surface area contributed by atoms with Crippen LogP contribution in [0.15, 0.2) is 48.6 Å². The molecule has 1 heterocycles. The van der Waals surface area contributed by atoms with Crippen LogP contribution in [0.3, 0.4) is 0 Å². The van der Waals surface area contributed by atoms with E-state index in [1.165, 1.54) is 0 Å². The van der Waals surface area contributed by atoms with Crippen molar-refractivity contribution in [2.24, 2.45) is 11.8 Å². The molecule has 1 aromatic carbocycles. The highest BCUT2D eigenvalue weighted by molar-refractivity contribution is 5.85. The molecule has 0 spiro atoms. The summed E-state index contributed by atoms with van der Waals surface area (Å²) < 4.78 is 5.57. The summed E-state index contributed by atoms with van der Waals surface area (Å²) in [5, 5.41) is 13.0. The van der Waals surface area contributed by atoms with E-state index in [0.29, 0.717) is 25.3 Å². The van der Waals surface area contributed by atoms with Crippen molar-refractivity contribution >= 4 is 22.8 Å². The number of fused-ring (bicyclic) bond motifs is 1. The average Bonchev–Trinajstić information content (AvgIpc) is 2.65. The summed E-state index contributed by atoms with van der Waals surface area (Å²) in [5.74, 6) is -1.86. The van der Waals surface area contributed by atoms with Crippen LogP contribution in [-0.4, -0.2) is 35.1 Å². The summed E-state index contributed by atoms with van der Waals surface area (Å²) in [6.07, 6.45) is 4.52. The maximum absolute atomic E-state index is 12.2. The SMILES string of the molecule is O=C(O)[C@@H]1CC=CC[C@H]1C(=O)NCCOc1ccc2ccccc2n1. The van der Waals surface area contributed by atoms with Crippen LogP contribution >= 0.6 is 0 Å². The summed E-state index contributed by atoms with van der Waals surface area (Å²) >= 11 is 0. The predicted molar refractivity (Wildman–Crippen MR) is 93.2 cm³/mol. The zero-order valence-electron chi connectivity index (χ0n) is 13.7. The highest BCUT2D eigenvalue weighted by Gasteiger charge is 2.33. The van der Waals surface area contributed by atoms with Gasteiger partial charge in [-0.1, -0.05) is 30.4 Å². The van der Waals surface area contributed by atoms with E-state index >= 15 is 0 Å². The number of allylic oxidation sites excluding steroid dienone is 2. The van der Waals surface area contributed by atoms with E-state index in [2.05, 4.69) is 10.3 Å². The Morgan fingerprint density at radius 2 is 1.88 bits per heavy atom. The van der Waals surface area contributed by atoms with E-state index in [0.717, 1.165) is 10.9 Å². The van der Waals surface area contributed by atoms with Gasteiger partial charge in [-0.25, -0.2) is 4.98 Å². The van der Waals surface area contributed by atoms with E-state index in [4.69, 9.17) is 4.74 Å². The maximum atomic E-state index is 12.2. The number of aliphatic carboxylic acids is 1. The van der Waals surface area contributed by atoms with Crippen LogP contribution in [0.1, 0.15) is 12.8 Å². The molecule has 130 valence electrons. The Labute approximate surface area is 145 Å². The zero-order valence-corrected chi connectivity index (χ0v) is 13.7. The number of pyridine rings is 1. The lowest BCUT2D eigenvalue weighted by Gasteiger charge is -2.24. The third-order valence-corrected chi connectivity index (χ3v) is 4.31. The first kappa shape index (κ1) is 17.0. The summed E-state index contributed by atoms with van der Waals surface area (Å²) in [4.78, 5) is 27.9. The molecule has 0 fully saturated rings.